The summed E-state index contributed by atoms with van der Waals surface area (Å²) in [5.74, 6) is 0.152. The van der Waals surface area contributed by atoms with E-state index in [1.807, 2.05) is 17.2 Å². The van der Waals surface area contributed by atoms with Crippen LogP contribution in [0, 0.1) is 23.5 Å². The van der Waals surface area contributed by atoms with E-state index in [4.69, 9.17) is 24.4 Å². The van der Waals surface area contributed by atoms with Gasteiger partial charge in [-0.05, 0) is 61.9 Å². The number of hydrogen-bond acceptors (Lipinski definition) is 7. The van der Waals surface area contributed by atoms with Crippen molar-refractivity contribution in [2.75, 3.05) is 44.8 Å². The lowest BCUT2D eigenvalue weighted by Crippen LogP contribution is -2.53. The highest BCUT2D eigenvalue weighted by Gasteiger charge is 2.36. The van der Waals surface area contributed by atoms with E-state index in [-0.39, 0.29) is 41.5 Å². The highest BCUT2D eigenvalue weighted by molar-refractivity contribution is 6.04. The zero-order valence-corrected chi connectivity index (χ0v) is 29.8. The Bertz CT molecular complexity index is 1800. The summed E-state index contributed by atoms with van der Waals surface area (Å²) in [5, 5.41) is 0. The number of piperazine rings is 1. The maximum absolute atomic E-state index is 16.6. The van der Waals surface area contributed by atoms with Crippen molar-refractivity contribution in [1.82, 2.24) is 19.8 Å². The fraction of sp³-hybridized carbons (Fsp3) is 0.425. The van der Waals surface area contributed by atoms with Gasteiger partial charge in [-0.3, -0.25) is 14.9 Å². The molecule has 2 bridgehead atoms. The van der Waals surface area contributed by atoms with Crippen LogP contribution in [-0.2, 0) is 4.74 Å². The summed E-state index contributed by atoms with van der Waals surface area (Å²) in [6, 6.07) is 7.90. The van der Waals surface area contributed by atoms with Gasteiger partial charge in [-0.2, -0.15) is 0 Å². The van der Waals surface area contributed by atoms with E-state index in [1.165, 1.54) is 12.1 Å². The van der Waals surface area contributed by atoms with Crippen LogP contribution < -0.4 is 9.64 Å². The first kappa shape index (κ1) is 35.3. The van der Waals surface area contributed by atoms with Crippen LogP contribution in [0.5, 0.6) is 5.75 Å². The molecule has 1 saturated heterocycles. The van der Waals surface area contributed by atoms with Crippen LogP contribution in [0.4, 0.5) is 20.3 Å². The largest absolute Gasteiger partial charge is 0.492 e. The Hall–Kier alpha value is -4.57. The van der Waals surface area contributed by atoms with Crippen molar-refractivity contribution in [3.05, 3.63) is 103 Å². The van der Waals surface area contributed by atoms with Gasteiger partial charge in [0.25, 0.3) is 0 Å². The molecule has 0 N–H and O–H groups in total. The number of rotatable bonds is 8. The molecule has 264 valence electrons. The van der Waals surface area contributed by atoms with Crippen molar-refractivity contribution in [2.24, 2.45) is 16.8 Å². The molecular weight excluding hydrogens is 634 g/mol. The van der Waals surface area contributed by atoms with Crippen LogP contribution in [0.15, 0.2) is 79.2 Å². The summed E-state index contributed by atoms with van der Waals surface area (Å²) in [4.78, 5) is 20.8. The highest BCUT2D eigenvalue weighted by Crippen LogP contribution is 2.45. The molecule has 3 unspecified atom stereocenters. The fourth-order valence-electron chi connectivity index (χ4n) is 7.00. The standard InChI is InChI=1S/C40H48F2N6O2/c1-9-26(6)46-18-19-48(27(7)21-46)39(43-8)30-20-32(42)36-34-31(41)12-11-13-33(34)49-22-25(5)38(50-23-28-14-15-28)29-16-17-44-35(24(3)4)37(29)47(10-2)40(30)45-36/h9-13,16-17,20,24-25,27-28,38H,1-2,6,14-15,18-19,21-23H2,3-5,7-8H3. The molecule has 0 amide bonds. The Morgan fingerprint density at radius 2 is 1.92 bits per heavy atom. The molecule has 2 fully saturated rings. The number of benzene rings is 1. The predicted molar refractivity (Wildman–Crippen MR) is 196 cm³/mol. The monoisotopic (exact) mass is 682 g/mol. The van der Waals surface area contributed by atoms with Gasteiger partial charge < -0.3 is 19.3 Å². The molecule has 50 heavy (non-hydrogen) atoms. The maximum Gasteiger partial charge on any atom is 0.150 e. The van der Waals surface area contributed by atoms with Crippen molar-refractivity contribution in [3.63, 3.8) is 0 Å². The molecule has 2 aromatic heterocycles. The van der Waals surface area contributed by atoms with Crippen molar-refractivity contribution < 1.29 is 18.3 Å². The molecule has 3 aromatic rings. The summed E-state index contributed by atoms with van der Waals surface area (Å²) in [6.45, 7) is 23.4. The zero-order chi connectivity index (χ0) is 35.7. The van der Waals surface area contributed by atoms with E-state index >= 15 is 8.78 Å². The zero-order valence-electron chi connectivity index (χ0n) is 29.8. The van der Waals surface area contributed by atoms with Gasteiger partial charge in [-0.1, -0.05) is 46.6 Å². The van der Waals surface area contributed by atoms with Crippen LogP contribution in [0.3, 0.4) is 0 Å². The molecule has 1 saturated carbocycles. The van der Waals surface area contributed by atoms with E-state index in [9.17, 15) is 0 Å². The van der Waals surface area contributed by atoms with Crippen LogP contribution in [0.1, 0.15) is 69.4 Å². The normalized spacial score (nSPS) is 21.1. The Morgan fingerprint density at radius 1 is 1.14 bits per heavy atom. The lowest BCUT2D eigenvalue weighted by molar-refractivity contribution is -0.00349. The molecule has 0 spiro atoms. The lowest BCUT2D eigenvalue weighted by Gasteiger charge is -2.43. The van der Waals surface area contributed by atoms with Crippen LogP contribution >= 0.6 is 0 Å². The third kappa shape index (κ3) is 6.77. The average molecular weight is 683 g/mol. The predicted octanol–water partition coefficient (Wildman–Crippen LogP) is 8.41. The number of allylic oxidation sites excluding steroid dienone is 1. The Morgan fingerprint density at radius 3 is 2.58 bits per heavy atom. The summed E-state index contributed by atoms with van der Waals surface area (Å²) < 4.78 is 45.5. The Kier molecular flexibility index (Phi) is 10.4. The molecule has 0 radical (unpaired) electrons. The SMILES string of the molecule is C=CC(=C)N1CCN(C(=NC)c2cc(F)c3nc2N(C=C)c2c(ccnc2C(C)C)C(OCC2CC2)C(C)COc2cccc(F)c2-3)C(C)C1. The van der Waals surface area contributed by atoms with Crippen LogP contribution in [-0.4, -0.2) is 71.5 Å². The third-order valence-electron chi connectivity index (χ3n) is 9.88. The first-order chi connectivity index (χ1) is 24.1. The maximum atomic E-state index is 16.6. The van der Waals surface area contributed by atoms with E-state index in [0.717, 1.165) is 35.5 Å². The molecule has 3 aliphatic rings. The number of ether oxygens (including phenoxy) is 2. The molecule has 8 nitrogen and oxygen atoms in total. The summed E-state index contributed by atoms with van der Waals surface area (Å²) in [7, 11) is 1.70. The van der Waals surface area contributed by atoms with Gasteiger partial charge in [-0.25, -0.2) is 13.8 Å². The number of halogens is 2. The molecule has 2 aliphatic heterocycles. The molecule has 1 aliphatic carbocycles. The molecule has 3 atom stereocenters. The third-order valence-corrected chi connectivity index (χ3v) is 9.88. The average Bonchev–Trinajstić information content (AvgIpc) is 3.94. The lowest BCUT2D eigenvalue weighted by atomic mass is 9.92. The summed E-state index contributed by atoms with van der Waals surface area (Å²) in [5.41, 5.74) is 3.55. The summed E-state index contributed by atoms with van der Waals surface area (Å²) >= 11 is 0. The van der Waals surface area contributed by atoms with E-state index in [1.54, 1.807) is 31.5 Å². The minimum atomic E-state index is -0.693. The van der Waals surface area contributed by atoms with E-state index in [0.29, 0.717) is 49.4 Å². The van der Waals surface area contributed by atoms with Gasteiger partial charge in [-0.15, -0.1) is 0 Å². The highest BCUT2D eigenvalue weighted by atomic mass is 19.1. The number of amidine groups is 1. The minimum Gasteiger partial charge on any atom is -0.492 e. The Labute approximate surface area is 294 Å². The van der Waals surface area contributed by atoms with Gasteiger partial charge in [0.15, 0.2) is 5.82 Å². The van der Waals surface area contributed by atoms with Crippen molar-refractivity contribution in [2.45, 2.75) is 58.6 Å². The van der Waals surface area contributed by atoms with Crippen LogP contribution in [0.25, 0.3) is 11.3 Å². The molecular formula is C40H48F2N6O2. The number of anilines is 2. The smallest absolute Gasteiger partial charge is 0.150 e. The molecule has 4 heterocycles. The first-order valence-electron chi connectivity index (χ1n) is 17.5. The topological polar surface area (TPSA) is 66.3 Å². The number of aliphatic imine (C=N–C) groups is 1. The van der Waals surface area contributed by atoms with Gasteiger partial charge in [0.1, 0.15) is 28.9 Å². The number of fused-ring (bicyclic) bond motifs is 5. The van der Waals surface area contributed by atoms with Gasteiger partial charge in [0.05, 0.1) is 41.8 Å². The minimum absolute atomic E-state index is 0.00264. The van der Waals surface area contributed by atoms with Crippen LogP contribution in [0.2, 0.25) is 0 Å². The van der Waals surface area contributed by atoms with Gasteiger partial charge in [0.2, 0.25) is 0 Å². The number of nitrogens with zero attached hydrogens (tertiary/aromatic N) is 6. The fourth-order valence-corrected chi connectivity index (χ4v) is 7.00. The van der Waals surface area contributed by atoms with E-state index in [2.05, 4.69) is 57.2 Å². The molecule has 6 rings (SSSR count). The number of hydrogen-bond donors (Lipinski definition) is 0. The van der Waals surface area contributed by atoms with Gasteiger partial charge in [0, 0.05) is 62.3 Å². The Balaban J connectivity index is 1.61. The molecule has 1 aromatic carbocycles. The summed E-state index contributed by atoms with van der Waals surface area (Å²) in [6.07, 6.45) is 7.14. The van der Waals surface area contributed by atoms with Crippen molar-refractivity contribution in [3.8, 4) is 17.0 Å². The van der Waals surface area contributed by atoms with E-state index < -0.39 is 17.7 Å². The second kappa shape index (κ2) is 14.7. The number of aromatic nitrogens is 2. The quantitative estimate of drug-likeness (QED) is 0.134. The second-order valence-electron chi connectivity index (χ2n) is 13.9. The second-order valence-corrected chi connectivity index (χ2v) is 13.9. The number of pyridine rings is 2. The van der Waals surface area contributed by atoms with Crippen molar-refractivity contribution in [1.29, 1.82) is 0 Å². The first-order valence-corrected chi connectivity index (χ1v) is 17.5. The van der Waals surface area contributed by atoms with Gasteiger partial charge >= 0.3 is 0 Å². The van der Waals surface area contributed by atoms with Crippen molar-refractivity contribution >= 4 is 17.3 Å². The molecule has 10 heteroatoms.